The number of thioether (sulfide) groups is 1. The fraction of sp³-hybridized carbons (Fsp3) is 0.0909. The molecule has 0 spiro atoms. The Bertz CT molecular complexity index is 1730. The first-order chi connectivity index (χ1) is 20.5. The van der Waals surface area contributed by atoms with Crippen LogP contribution in [0.15, 0.2) is 119 Å². The van der Waals surface area contributed by atoms with Gasteiger partial charge >= 0.3 is 0 Å². The van der Waals surface area contributed by atoms with Gasteiger partial charge in [0.05, 0.1) is 5.25 Å². The number of amides is 3. The van der Waals surface area contributed by atoms with Crippen LogP contribution in [0.3, 0.4) is 0 Å². The van der Waals surface area contributed by atoms with Gasteiger partial charge in [-0.2, -0.15) is 0 Å². The molecular weight excluding hydrogens is 565 g/mol. The molecule has 7 nitrogen and oxygen atoms in total. The van der Waals surface area contributed by atoms with Crippen LogP contribution in [0, 0.1) is 0 Å². The molecule has 3 amide bonds. The summed E-state index contributed by atoms with van der Waals surface area (Å²) in [6, 6.07) is 29.7. The van der Waals surface area contributed by atoms with Crippen molar-refractivity contribution < 1.29 is 14.4 Å². The lowest BCUT2D eigenvalue weighted by Gasteiger charge is -2.15. The molecule has 1 heterocycles. The van der Waals surface area contributed by atoms with Crippen LogP contribution in [-0.4, -0.2) is 28.0 Å². The molecule has 1 atom stereocenters. The summed E-state index contributed by atoms with van der Waals surface area (Å²) in [7, 11) is 0. The third kappa shape index (κ3) is 7.31. The molecule has 0 radical (unpaired) electrons. The second-order valence-electron chi connectivity index (χ2n) is 9.27. The zero-order valence-electron chi connectivity index (χ0n) is 22.7. The number of benzene rings is 4. The monoisotopic (exact) mass is 592 g/mol. The lowest BCUT2D eigenvalue weighted by atomic mass is 10.0. The summed E-state index contributed by atoms with van der Waals surface area (Å²) < 4.78 is 0. The topological polar surface area (TPSA) is 100 Å². The van der Waals surface area contributed by atoms with Gasteiger partial charge in [-0.1, -0.05) is 73.7 Å². The standard InChI is InChI=1S/C33H28N4O3S2/c1-2-29(32(40)37-33-34-18-19-41-33)42-26-16-9-15-25(21-26)35-31(39)28(36-30(38)23-11-4-3-5-12-23)20-24-14-8-13-22-10-6-7-17-27(22)24/h3-21,29H,2H2,1H3,(H,35,39)(H,36,38)(H,34,37,40)/b28-20+. The Hall–Kier alpha value is -4.73. The summed E-state index contributed by atoms with van der Waals surface area (Å²) in [4.78, 5) is 44.4. The minimum Gasteiger partial charge on any atom is -0.321 e. The fourth-order valence-electron chi connectivity index (χ4n) is 4.28. The summed E-state index contributed by atoms with van der Waals surface area (Å²) in [5.41, 5.74) is 1.88. The van der Waals surface area contributed by atoms with Gasteiger partial charge in [0.2, 0.25) is 5.91 Å². The molecule has 5 rings (SSSR count). The molecule has 3 N–H and O–H groups in total. The molecule has 9 heteroatoms. The summed E-state index contributed by atoms with van der Waals surface area (Å²) in [5.74, 6) is -0.989. The maximum absolute atomic E-state index is 13.6. The van der Waals surface area contributed by atoms with Gasteiger partial charge in [0.1, 0.15) is 5.70 Å². The highest BCUT2D eigenvalue weighted by Gasteiger charge is 2.20. The van der Waals surface area contributed by atoms with Crippen molar-refractivity contribution in [3.63, 3.8) is 0 Å². The van der Waals surface area contributed by atoms with Crippen molar-refractivity contribution >= 4 is 68.5 Å². The van der Waals surface area contributed by atoms with Crippen molar-refractivity contribution in [1.29, 1.82) is 0 Å². The maximum Gasteiger partial charge on any atom is 0.272 e. The molecule has 42 heavy (non-hydrogen) atoms. The van der Waals surface area contributed by atoms with E-state index in [1.807, 2.05) is 73.7 Å². The van der Waals surface area contributed by atoms with E-state index in [2.05, 4.69) is 20.9 Å². The molecule has 0 bridgehead atoms. The summed E-state index contributed by atoms with van der Waals surface area (Å²) in [5, 5.41) is 12.6. The average Bonchev–Trinajstić information content (AvgIpc) is 3.53. The van der Waals surface area contributed by atoms with Gasteiger partial charge in [0.15, 0.2) is 5.13 Å². The first kappa shape index (κ1) is 28.8. The van der Waals surface area contributed by atoms with Crippen molar-refractivity contribution in [2.75, 3.05) is 10.6 Å². The molecule has 210 valence electrons. The van der Waals surface area contributed by atoms with Gasteiger partial charge in [-0.25, -0.2) is 4.98 Å². The molecule has 0 aliphatic heterocycles. The number of nitrogens with one attached hydrogen (secondary N) is 3. The van der Waals surface area contributed by atoms with E-state index in [4.69, 9.17) is 0 Å². The van der Waals surface area contributed by atoms with E-state index in [1.54, 1.807) is 48.0 Å². The number of anilines is 2. The highest BCUT2D eigenvalue weighted by atomic mass is 32.2. The summed E-state index contributed by atoms with van der Waals surface area (Å²) in [6.45, 7) is 1.95. The molecular formula is C33H28N4O3S2. The fourth-order valence-corrected chi connectivity index (χ4v) is 5.82. The van der Waals surface area contributed by atoms with Gasteiger partial charge in [0, 0.05) is 27.7 Å². The quantitative estimate of drug-likeness (QED) is 0.118. The van der Waals surface area contributed by atoms with Gasteiger partial charge < -0.3 is 16.0 Å². The number of thiazole rings is 1. The summed E-state index contributed by atoms with van der Waals surface area (Å²) in [6.07, 6.45) is 3.95. The zero-order valence-corrected chi connectivity index (χ0v) is 24.4. The van der Waals surface area contributed by atoms with Crippen LogP contribution in [0.2, 0.25) is 0 Å². The average molecular weight is 593 g/mol. The van der Waals surface area contributed by atoms with Crippen molar-refractivity contribution in [2.45, 2.75) is 23.5 Å². The molecule has 0 saturated heterocycles. The second-order valence-corrected chi connectivity index (χ2v) is 11.4. The van der Waals surface area contributed by atoms with Crippen molar-refractivity contribution in [3.8, 4) is 0 Å². The first-order valence-electron chi connectivity index (χ1n) is 13.3. The van der Waals surface area contributed by atoms with E-state index in [0.717, 1.165) is 21.2 Å². The van der Waals surface area contributed by atoms with Crippen molar-refractivity contribution in [1.82, 2.24) is 10.3 Å². The number of hydrogen-bond acceptors (Lipinski definition) is 6. The SMILES string of the molecule is CCC(Sc1cccc(NC(=O)/C(=C\c2cccc3ccccc23)NC(=O)c2ccccc2)c1)C(=O)Nc1nccs1. The molecule has 0 aliphatic carbocycles. The molecule has 1 unspecified atom stereocenters. The van der Waals surface area contributed by atoms with Crippen molar-refractivity contribution in [2.24, 2.45) is 0 Å². The third-order valence-electron chi connectivity index (χ3n) is 6.35. The largest absolute Gasteiger partial charge is 0.321 e. The first-order valence-corrected chi connectivity index (χ1v) is 15.1. The van der Waals surface area contributed by atoms with Crippen LogP contribution >= 0.6 is 23.1 Å². The molecule has 1 aromatic heterocycles. The van der Waals surface area contributed by atoms with Gasteiger partial charge in [-0.15, -0.1) is 23.1 Å². The highest BCUT2D eigenvalue weighted by molar-refractivity contribution is 8.00. The number of hydrogen-bond donors (Lipinski definition) is 3. The Morgan fingerprint density at radius 1 is 0.905 bits per heavy atom. The van der Waals surface area contributed by atoms with Crippen molar-refractivity contribution in [3.05, 3.63) is 125 Å². The van der Waals surface area contributed by atoms with E-state index >= 15 is 0 Å². The number of carbonyl (C=O) groups is 3. The van der Waals surface area contributed by atoms with E-state index in [9.17, 15) is 14.4 Å². The maximum atomic E-state index is 13.6. The second kappa shape index (κ2) is 13.8. The van der Waals surface area contributed by atoms with Crippen LogP contribution in [-0.2, 0) is 9.59 Å². The minimum absolute atomic E-state index is 0.104. The Morgan fingerprint density at radius 2 is 1.67 bits per heavy atom. The smallest absolute Gasteiger partial charge is 0.272 e. The lowest BCUT2D eigenvalue weighted by molar-refractivity contribution is -0.116. The highest BCUT2D eigenvalue weighted by Crippen LogP contribution is 2.29. The Morgan fingerprint density at radius 3 is 2.45 bits per heavy atom. The number of nitrogens with zero attached hydrogens (tertiary/aromatic N) is 1. The zero-order chi connectivity index (χ0) is 29.3. The van der Waals surface area contributed by atoms with E-state index in [0.29, 0.717) is 22.8 Å². The lowest BCUT2D eigenvalue weighted by Crippen LogP contribution is -2.30. The Balaban J connectivity index is 1.38. The molecule has 0 saturated carbocycles. The Labute approximate surface area is 252 Å². The predicted octanol–water partition coefficient (Wildman–Crippen LogP) is 7.22. The number of aromatic nitrogens is 1. The van der Waals surface area contributed by atoms with Gasteiger partial charge in [0.25, 0.3) is 11.8 Å². The third-order valence-corrected chi connectivity index (χ3v) is 8.39. The predicted molar refractivity (Wildman–Crippen MR) is 172 cm³/mol. The van der Waals surface area contributed by atoms with Gasteiger partial charge in [-0.3, -0.25) is 14.4 Å². The molecule has 4 aromatic carbocycles. The van der Waals surface area contributed by atoms with Crippen LogP contribution < -0.4 is 16.0 Å². The van der Waals surface area contributed by atoms with Crippen LogP contribution in [0.5, 0.6) is 0 Å². The van der Waals surface area contributed by atoms with Crippen LogP contribution in [0.4, 0.5) is 10.8 Å². The van der Waals surface area contributed by atoms with E-state index in [-0.39, 0.29) is 16.9 Å². The van der Waals surface area contributed by atoms with E-state index < -0.39 is 11.8 Å². The summed E-state index contributed by atoms with van der Waals surface area (Å²) >= 11 is 2.78. The Kier molecular flexibility index (Phi) is 9.43. The number of fused-ring (bicyclic) bond motifs is 1. The normalized spacial score (nSPS) is 12.0. The minimum atomic E-state index is -0.470. The number of carbonyl (C=O) groups excluding carboxylic acids is 3. The molecule has 0 fully saturated rings. The molecule has 0 aliphatic rings. The molecule has 5 aromatic rings. The number of rotatable bonds is 10. The van der Waals surface area contributed by atoms with Crippen LogP contribution in [0.25, 0.3) is 16.8 Å². The van der Waals surface area contributed by atoms with E-state index in [1.165, 1.54) is 23.1 Å². The van der Waals surface area contributed by atoms with Gasteiger partial charge in [-0.05, 0) is 59.2 Å². The van der Waals surface area contributed by atoms with Crippen LogP contribution in [0.1, 0.15) is 29.3 Å².